The van der Waals surface area contributed by atoms with Gasteiger partial charge in [0, 0.05) is 18.8 Å². The third-order valence-electron chi connectivity index (χ3n) is 2.73. The number of likely N-dealkylation sites (N-methyl/N-ethyl adjacent to an activating group) is 1. The number of nitrogen functional groups attached to an aromatic ring is 1. The van der Waals surface area contributed by atoms with Crippen LogP contribution in [-0.2, 0) is 0 Å². The van der Waals surface area contributed by atoms with Gasteiger partial charge in [-0.3, -0.25) is 0 Å². The van der Waals surface area contributed by atoms with Crippen molar-refractivity contribution in [3.63, 3.8) is 0 Å². The molecule has 0 amide bonds. The van der Waals surface area contributed by atoms with Crippen molar-refractivity contribution in [2.24, 2.45) is 0 Å². The van der Waals surface area contributed by atoms with Crippen LogP contribution in [0.5, 0.6) is 0 Å². The summed E-state index contributed by atoms with van der Waals surface area (Å²) in [5.41, 5.74) is 7.15. The van der Waals surface area contributed by atoms with Crippen LogP contribution in [0.2, 0.25) is 0 Å². The predicted molar refractivity (Wildman–Crippen MR) is 69.6 cm³/mol. The number of hydrogen-bond donors (Lipinski definition) is 3. The fourth-order valence-electron chi connectivity index (χ4n) is 1.62. The van der Waals surface area contributed by atoms with E-state index in [-0.39, 0.29) is 6.10 Å². The summed E-state index contributed by atoms with van der Waals surface area (Å²) in [6, 6.07) is 7.24. The standard InChI is InChI=1S/C13H22N2O2/c1-10(16)7-8-15(2)9-13(17)11-3-5-12(14)6-4-11/h3-6,10,13,16-17H,7-9,14H2,1-2H3. The maximum absolute atomic E-state index is 10.0. The first-order valence-electron chi connectivity index (χ1n) is 5.89. The molecule has 1 aromatic carbocycles. The Morgan fingerprint density at radius 1 is 1.24 bits per heavy atom. The number of nitrogens with zero attached hydrogens (tertiary/aromatic N) is 1. The van der Waals surface area contributed by atoms with Crippen molar-refractivity contribution in [1.82, 2.24) is 4.90 Å². The van der Waals surface area contributed by atoms with Crippen molar-refractivity contribution < 1.29 is 10.2 Å². The van der Waals surface area contributed by atoms with Crippen molar-refractivity contribution in [3.8, 4) is 0 Å². The first-order valence-corrected chi connectivity index (χ1v) is 5.89. The molecule has 2 atom stereocenters. The molecule has 0 aliphatic carbocycles. The van der Waals surface area contributed by atoms with Crippen LogP contribution in [0, 0.1) is 0 Å². The van der Waals surface area contributed by atoms with E-state index in [0.717, 1.165) is 12.1 Å². The highest BCUT2D eigenvalue weighted by Gasteiger charge is 2.10. The van der Waals surface area contributed by atoms with Gasteiger partial charge in [0.05, 0.1) is 12.2 Å². The Morgan fingerprint density at radius 3 is 2.35 bits per heavy atom. The normalized spacial score (nSPS) is 14.9. The van der Waals surface area contributed by atoms with E-state index in [0.29, 0.717) is 18.7 Å². The number of rotatable bonds is 6. The van der Waals surface area contributed by atoms with Gasteiger partial charge in [-0.15, -0.1) is 0 Å². The lowest BCUT2D eigenvalue weighted by Crippen LogP contribution is -2.27. The van der Waals surface area contributed by atoms with Crippen LogP contribution in [0.3, 0.4) is 0 Å². The first-order chi connectivity index (χ1) is 7.99. The maximum atomic E-state index is 10.0. The van der Waals surface area contributed by atoms with Gasteiger partial charge in [0.15, 0.2) is 0 Å². The second-order valence-corrected chi connectivity index (χ2v) is 4.58. The van der Waals surface area contributed by atoms with Crippen LogP contribution in [-0.4, -0.2) is 41.4 Å². The van der Waals surface area contributed by atoms with E-state index in [1.54, 1.807) is 19.1 Å². The maximum Gasteiger partial charge on any atom is 0.0916 e. The number of aliphatic hydroxyl groups is 2. The molecule has 2 unspecified atom stereocenters. The summed E-state index contributed by atoms with van der Waals surface area (Å²) in [4.78, 5) is 2.01. The molecule has 0 bridgehead atoms. The minimum Gasteiger partial charge on any atom is -0.399 e. The first kappa shape index (κ1) is 14.0. The summed E-state index contributed by atoms with van der Waals surface area (Å²) in [5, 5.41) is 19.2. The van der Waals surface area contributed by atoms with E-state index in [1.807, 2.05) is 24.1 Å². The fourth-order valence-corrected chi connectivity index (χ4v) is 1.62. The third kappa shape index (κ3) is 5.17. The summed E-state index contributed by atoms with van der Waals surface area (Å²) in [7, 11) is 1.93. The van der Waals surface area contributed by atoms with Gasteiger partial charge >= 0.3 is 0 Å². The molecule has 0 heterocycles. The highest BCUT2D eigenvalue weighted by molar-refractivity contribution is 5.39. The number of benzene rings is 1. The smallest absolute Gasteiger partial charge is 0.0916 e. The molecular weight excluding hydrogens is 216 g/mol. The predicted octanol–water partition coefficient (Wildman–Crippen LogP) is 1.00. The Morgan fingerprint density at radius 2 is 1.82 bits per heavy atom. The molecule has 4 heteroatoms. The van der Waals surface area contributed by atoms with Crippen LogP contribution in [0.15, 0.2) is 24.3 Å². The zero-order valence-corrected chi connectivity index (χ0v) is 10.5. The van der Waals surface area contributed by atoms with E-state index in [9.17, 15) is 10.2 Å². The molecule has 1 rings (SSSR count). The van der Waals surface area contributed by atoms with Gasteiger partial charge in [0.2, 0.25) is 0 Å². The number of nitrogens with two attached hydrogens (primary N) is 1. The van der Waals surface area contributed by atoms with E-state index < -0.39 is 6.10 Å². The Labute approximate surface area is 103 Å². The fraction of sp³-hybridized carbons (Fsp3) is 0.538. The second-order valence-electron chi connectivity index (χ2n) is 4.58. The highest BCUT2D eigenvalue weighted by atomic mass is 16.3. The molecule has 0 aromatic heterocycles. The van der Waals surface area contributed by atoms with Gasteiger partial charge in [-0.25, -0.2) is 0 Å². The Balaban J connectivity index is 2.42. The lowest BCUT2D eigenvalue weighted by atomic mass is 10.1. The molecule has 1 aromatic rings. The number of hydrogen-bond acceptors (Lipinski definition) is 4. The van der Waals surface area contributed by atoms with Gasteiger partial charge in [-0.1, -0.05) is 12.1 Å². The van der Waals surface area contributed by atoms with Gasteiger partial charge in [-0.05, 0) is 38.1 Å². The average Bonchev–Trinajstić information content (AvgIpc) is 2.27. The van der Waals surface area contributed by atoms with Gasteiger partial charge in [0.1, 0.15) is 0 Å². The second kappa shape index (κ2) is 6.59. The van der Waals surface area contributed by atoms with Crippen LogP contribution < -0.4 is 5.73 Å². The summed E-state index contributed by atoms with van der Waals surface area (Å²) in [6.45, 7) is 3.09. The molecule has 4 N–H and O–H groups in total. The molecule has 0 radical (unpaired) electrons. The minimum atomic E-state index is -0.519. The lowest BCUT2D eigenvalue weighted by Gasteiger charge is -2.21. The Hall–Kier alpha value is -1.10. The largest absolute Gasteiger partial charge is 0.399 e. The number of aliphatic hydroxyl groups excluding tert-OH is 2. The van der Waals surface area contributed by atoms with Crippen molar-refractivity contribution >= 4 is 5.69 Å². The van der Waals surface area contributed by atoms with Crippen molar-refractivity contribution in [3.05, 3.63) is 29.8 Å². The summed E-state index contributed by atoms with van der Waals surface area (Å²) in [6.07, 6.45) is -0.106. The van der Waals surface area contributed by atoms with Crippen LogP contribution in [0.1, 0.15) is 25.0 Å². The van der Waals surface area contributed by atoms with Crippen molar-refractivity contribution in [1.29, 1.82) is 0 Å². The molecule has 0 saturated carbocycles. The van der Waals surface area contributed by atoms with Gasteiger partial charge < -0.3 is 20.8 Å². The quantitative estimate of drug-likeness (QED) is 0.647. The molecule has 96 valence electrons. The van der Waals surface area contributed by atoms with E-state index in [1.165, 1.54) is 0 Å². The van der Waals surface area contributed by atoms with Crippen LogP contribution >= 0.6 is 0 Å². The summed E-state index contributed by atoms with van der Waals surface area (Å²) >= 11 is 0. The minimum absolute atomic E-state index is 0.300. The molecule has 0 aliphatic heterocycles. The van der Waals surface area contributed by atoms with Gasteiger partial charge in [0.25, 0.3) is 0 Å². The zero-order valence-electron chi connectivity index (χ0n) is 10.5. The SMILES string of the molecule is CC(O)CCN(C)CC(O)c1ccc(N)cc1. The van der Waals surface area contributed by atoms with Crippen LogP contribution in [0.4, 0.5) is 5.69 Å². The lowest BCUT2D eigenvalue weighted by molar-refractivity contribution is 0.111. The molecule has 17 heavy (non-hydrogen) atoms. The molecule has 0 spiro atoms. The highest BCUT2D eigenvalue weighted by Crippen LogP contribution is 2.15. The molecule has 0 fully saturated rings. The average molecular weight is 238 g/mol. The third-order valence-corrected chi connectivity index (χ3v) is 2.73. The Kier molecular flexibility index (Phi) is 5.41. The summed E-state index contributed by atoms with van der Waals surface area (Å²) in [5.74, 6) is 0. The van der Waals surface area contributed by atoms with E-state index >= 15 is 0 Å². The molecule has 4 nitrogen and oxygen atoms in total. The van der Waals surface area contributed by atoms with Gasteiger partial charge in [-0.2, -0.15) is 0 Å². The van der Waals surface area contributed by atoms with Crippen molar-refractivity contribution in [2.45, 2.75) is 25.6 Å². The molecular formula is C13H22N2O2. The monoisotopic (exact) mass is 238 g/mol. The van der Waals surface area contributed by atoms with E-state index in [4.69, 9.17) is 5.73 Å². The van der Waals surface area contributed by atoms with Crippen molar-refractivity contribution in [2.75, 3.05) is 25.9 Å². The topological polar surface area (TPSA) is 69.7 Å². The number of anilines is 1. The molecule has 0 saturated heterocycles. The summed E-state index contributed by atoms with van der Waals surface area (Å²) < 4.78 is 0. The molecule has 0 aliphatic rings. The Bertz CT molecular complexity index is 325. The van der Waals surface area contributed by atoms with E-state index in [2.05, 4.69) is 0 Å². The van der Waals surface area contributed by atoms with Crippen LogP contribution in [0.25, 0.3) is 0 Å². The zero-order chi connectivity index (χ0) is 12.8.